The number of ether oxygens (including phenoxy) is 1. The van der Waals surface area contributed by atoms with E-state index in [4.69, 9.17) is 4.74 Å². The molecule has 0 aromatic carbocycles. The molecule has 76 valence electrons. The number of hydrogen-bond donors (Lipinski definition) is 1. The summed E-state index contributed by atoms with van der Waals surface area (Å²) in [6, 6.07) is 3.71. The van der Waals surface area contributed by atoms with Gasteiger partial charge in [-0.25, -0.2) is 4.98 Å². The molecule has 1 aliphatic carbocycles. The summed E-state index contributed by atoms with van der Waals surface area (Å²) in [4.78, 5) is 4.13. The van der Waals surface area contributed by atoms with Gasteiger partial charge in [0.15, 0.2) is 0 Å². The molecular formula is C11H15NO2. The lowest BCUT2D eigenvalue weighted by atomic mass is 9.76. The van der Waals surface area contributed by atoms with Gasteiger partial charge in [-0.2, -0.15) is 0 Å². The van der Waals surface area contributed by atoms with Crippen LogP contribution in [0.15, 0.2) is 18.3 Å². The molecule has 1 N–H and O–H groups in total. The van der Waals surface area contributed by atoms with E-state index in [0.29, 0.717) is 12.5 Å². The Kier molecular flexibility index (Phi) is 2.42. The second-order valence-corrected chi connectivity index (χ2v) is 3.70. The van der Waals surface area contributed by atoms with Gasteiger partial charge in [0, 0.05) is 17.8 Å². The number of nitrogens with zero attached hydrogens (tertiary/aromatic N) is 1. The molecule has 1 heterocycles. The van der Waals surface area contributed by atoms with E-state index in [-0.39, 0.29) is 0 Å². The molecule has 2 rings (SSSR count). The normalized spacial score (nSPS) is 18.7. The van der Waals surface area contributed by atoms with E-state index < -0.39 is 5.60 Å². The fourth-order valence-electron chi connectivity index (χ4n) is 1.69. The lowest BCUT2D eigenvalue weighted by Gasteiger charge is -2.36. The van der Waals surface area contributed by atoms with E-state index in [1.54, 1.807) is 6.20 Å². The quantitative estimate of drug-likeness (QED) is 0.796. The summed E-state index contributed by atoms with van der Waals surface area (Å²) in [6.45, 7) is 2.55. The van der Waals surface area contributed by atoms with E-state index >= 15 is 0 Å². The molecule has 1 aromatic rings. The lowest BCUT2D eigenvalue weighted by molar-refractivity contribution is -0.0391. The Bertz CT molecular complexity index is 304. The van der Waals surface area contributed by atoms with Crippen LogP contribution in [0.5, 0.6) is 5.88 Å². The number of rotatable bonds is 3. The van der Waals surface area contributed by atoms with Gasteiger partial charge in [0.1, 0.15) is 0 Å². The highest BCUT2D eigenvalue weighted by molar-refractivity contribution is 5.25. The molecule has 0 spiro atoms. The SMILES string of the molecule is CCOc1ccc(C2(O)CCC2)cn1. The Morgan fingerprint density at radius 1 is 1.50 bits per heavy atom. The molecule has 0 atom stereocenters. The maximum atomic E-state index is 10.0. The van der Waals surface area contributed by atoms with Crippen molar-refractivity contribution in [3.63, 3.8) is 0 Å². The highest BCUT2D eigenvalue weighted by Crippen LogP contribution is 2.40. The highest BCUT2D eigenvalue weighted by Gasteiger charge is 2.36. The van der Waals surface area contributed by atoms with E-state index in [2.05, 4.69) is 4.98 Å². The van der Waals surface area contributed by atoms with Crippen LogP contribution in [0, 0.1) is 0 Å². The van der Waals surface area contributed by atoms with Gasteiger partial charge in [0.05, 0.1) is 12.2 Å². The summed E-state index contributed by atoms with van der Waals surface area (Å²) in [5.74, 6) is 0.624. The smallest absolute Gasteiger partial charge is 0.213 e. The molecular weight excluding hydrogens is 178 g/mol. The molecule has 1 saturated carbocycles. The summed E-state index contributed by atoms with van der Waals surface area (Å²) in [6.07, 6.45) is 4.51. The van der Waals surface area contributed by atoms with Crippen LogP contribution in [0.25, 0.3) is 0 Å². The zero-order valence-electron chi connectivity index (χ0n) is 8.36. The third-order valence-corrected chi connectivity index (χ3v) is 2.75. The Hall–Kier alpha value is -1.09. The van der Waals surface area contributed by atoms with Crippen LogP contribution < -0.4 is 4.74 Å². The molecule has 1 aromatic heterocycles. The summed E-state index contributed by atoms with van der Waals surface area (Å²) in [7, 11) is 0. The van der Waals surface area contributed by atoms with Gasteiger partial charge < -0.3 is 9.84 Å². The van der Waals surface area contributed by atoms with Crippen LogP contribution in [-0.2, 0) is 5.60 Å². The summed E-state index contributed by atoms with van der Waals surface area (Å²) < 4.78 is 5.23. The van der Waals surface area contributed by atoms with E-state index in [0.717, 1.165) is 24.8 Å². The lowest BCUT2D eigenvalue weighted by Crippen LogP contribution is -2.33. The second kappa shape index (κ2) is 3.58. The van der Waals surface area contributed by atoms with Gasteiger partial charge in [-0.3, -0.25) is 0 Å². The standard InChI is InChI=1S/C11H15NO2/c1-2-14-10-5-4-9(8-12-10)11(13)6-3-7-11/h4-5,8,13H,2-3,6-7H2,1H3. The van der Waals surface area contributed by atoms with Crippen molar-refractivity contribution in [1.29, 1.82) is 0 Å². The Morgan fingerprint density at radius 2 is 2.29 bits per heavy atom. The predicted molar refractivity (Wildman–Crippen MR) is 53.2 cm³/mol. The van der Waals surface area contributed by atoms with Gasteiger partial charge in [-0.05, 0) is 32.3 Å². The maximum Gasteiger partial charge on any atom is 0.213 e. The fourth-order valence-corrected chi connectivity index (χ4v) is 1.69. The first kappa shape index (κ1) is 9.46. The van der Waals surface area contributed by atoms with Gasteiger partial charge in [-0.15, -0.1) is 0 Å². The molecule has 0 radical (unpaired) electrons. The van der Waals surface area contributed by atoms with Crippen LogP contribution in [0.3, 0.4) is 0 Å². The molecule has 0 amide bonds. The average molecular weight is 193 g/mol. The van der Waals surface area contributed by atoms with Crippen molar-refractivity contribution in [2.45, 2.75) is 31.8 Å². The summed E-state index contributed by atoms with van der Waals surface area (Å²) in [5.41, 5.74) is 0.296. The molecule has 1 fully saturated rings. The number of aromatic nitrogens is 1. The third kappa shape index (κ3) is 1.60. The average Bonchev–Trinajstić information content (AvgIpc) is 2.16. The van der Waals surface area contributed by atoms with E-state index in [1.807, 2.05) is 19.1 Å². The molecule has 14 heavy (non-hydrogen) atoms. The van der Waals surface area contributed by atoms with Crippen LogP contribution >= 0.6 is 0 Å². The second-order valence-electron chi connectivity index (χ2n) is 3.70. The van der Waals surface area contributed by atoms with Crippen molar-refractivity contribution in [2.75, 3.05) is 6.61 Å². The first-order chi connectivity index (χ1) is 6.74. The Balaban J connectivity index is 2.13. The number of pyridine rings is 1. The van der Waals surface area contributed by atoms with Crippen molar-refractivity contribution >= 4 is 0 Å². The minimum absolute atomic E-state index is 0.613. The zero-order chi connectivity index (χ0) is 10.0. The zero-order valence-corrected chi connectivity index (χ0v) is 8.36. The van der Waals surface area contributed by atoms with Crippen LogP contribution in [0.1, 0.15) is 31.7 Å². The van der Waals surface area contributed by atoms with Crippen molar-refractivity contribution in [3.05, 3.63) is 23.9 Å². The monoisotopic (exact) mass is 193 g/mol. The molecule has 3 nitrogen and oxygen atoms in total. The Morgan fingerprint density at radius 3 is 2.71 bits per heavy atom. The van der Waals surface area contributed by atoms with Crippen LogP contribution in [-0.4, -0.2) is 16.7 Å². The van der Waals surface area contributed by atoms with Gasteiger partial charge in [0.25, 0.3) is 0 Å². The third-order valence-electron chi connectivity index (χ3n) is 2.75. The molecule has 3 heteroatoms. The molecule has 0 saturated heterocycles. The first-order valence-electron chi connectivity index (χ1n) is 5.06. The minimum atomic E-state index is -0.613. The van der Waals surface area contributed by atoms with Crippen LogP contribution in [0.4, 0.5) is 0 Å². The largest absolute Gasteiger partial charge is 0.478 e. The molecule has 0 aliphatic heterocycles. The van der Waals surface area contributed by atoms with Crippen molar-refractivity contribution < 1.29 is 9.84 Å². The number of hydrogen-bond acceptors (Lipinski definition) is 3. The maximum absolute atomic E-state index is 10.0. The van der Waals surface area contributed by atoms with Crippen molar-refractivity contribution in [1.82, 2.24) is 4.98 Å². The fraction of sp³-hybridized carbons (Fsp3) is 0.545. The predicted octanol–water partition coefficient (Wildman–Crippen LogP) is 1.85. The highest BCUT2D eigenvalue weighted by atomic mass is 16.5. The molecule has 0 unspecified atom stereocenters. The molecule has 1 aliphatic rings. The topological polar surface area (TPSA) is 42.4 Å². The van der Waals surface area contributed by atoms with Crippen molar-refractivity contribution in [3.8, 4) is 5.88 Å². The molecule has 0 bridgehead atoms. The van der Waals surface area contributed by atoms with Crippen molar-refractivity contribution in [2.24, 2.45) is 0 Å². The van der Waals surface area contributed by atoms with Crippen LogP contribution in [0.2, 0.25) is 0 Å². The Labute approximate surface area is 83.7 Å². The minimum Gasteiger partial charge on any atom is -0.478 e. The summed E-state index contributed by atoms with van der Waals surface area (Å²) in [5, 5.41) is 10.0. The van der Waals surface area contributed by atoms with Gasteiger partial charge in [-0.1, -0.05) is 0 Å². The van der Waals surface area contributed by atoms with Gasteiger partial charge in [0.2, 0.25) is 5.88 Å². The summed E-state index contributed by atoms with van der Waals surface area (Å²) >= 11 is 0. The number of aliphatic hydroxyl groups is 1. The first-order valence-corrected chi connectivity index (χ1v) is 5.06. The van der Waals surface area contributed by atoms with E-state index in [9.17, 15) is 5.11 Å². The van der Waals surface area contributed by atoms with Gasteiger partial charge >= 0.3 is 0 Å². The van der Waals surface area contributed by atoms with E-state index in [1.165, 1.54) is 0 Å².